The van der Waals surface area contributed by atoms with E-state index < -0.39 is 22.4 Å². The Kier molecular flexibility index (Phi) is 6.25. The first-order valence-corrected chi connectivity index (χ1v) is 12.5. The number of aryl methyl sites for hydroxylation is 1. The van der Waals surface area contributed by atoms with Gasteiger partial charge in [-0.2, -0.15) is 0 Å². The van der Waals surface area contributed by atoms with Gasteiger partial charge in [-0.05, 0) is 51.0 Å². The van der Waals surface area contributed by atoms with Crippen LogP contribution in [-0.4, -0.2) is 28.1 Å². The molecule has 8 nitrogen and oxygen atoms in total. The van der Waals surface area contributed by atoms with E-state index in [1.54, 1.807) is 19.2 Å². The van der Waals surface area contributed by atoms with Crippen molar-refractivity contribution in [2.75, 3.05) is 10.5 Å². The maximum absolute atomic E-state index is 15.8. The van der Waals surface area contributed by atoms with E-state index in [2.05, 4.69) is 14.7 Å². The Labute approximate surface area is 207 Å². The normalized spacial score (nSPS) is 12.3. The number of hydrogen-bond donors (Lipinski definition) is 3. The number of nitrogens with one attached hydrogen (secondary N) is 1. The number of hydrogen-bond acceptors (Lipinski definition) is 6. The molecule has 0 unspecified atom stereocenters. The number of nitrogens with zero attached hydrogens (tertiary/aromatic N) is 3. The van der Waals surface area contributed by atoms with E-state index >= 15 is 4.39 Å². The first kappa shape index (κ1) is 24.9. The average molecular weight is 518 g/mol. The summed E-state index contributed by atoms with van der Waals surface area (Å²) in [5.74, 6) is -0.611. The molecule has 4 N–H and O–H groups in total. The van der Waals surface area contributed by atoms with Crippen LogP contribution >= 0.6 is 11.6 Å². The summed E-state index contributed by atoms with van der Waals surface area (Å²) < 4.78 is 46.3. The van der Waals surface area contributed by atoms with Gasteiger partial charge in [0.2, 0.25) is 0 Å². The van der Waals surface area contributed by atoms with Crippen molar-refractivity contribution in [1.82, 2.24) is 14.5 Å². The Hall–Kier alpha value is -3.21. The summed E-state index contributed by atoms with van der Waals surface area (Å²) in [7, 11) is -4.28. The Morgan fingerprint density at radius 3 is 2.57 bits per heavy atom. The van der Waals surface area contributed by atoms with Gasteiger partial charge in [0.25, 0.3) is 10.0 Å². The number of nitrogen functional groups attached to an aromatic ring is 1. The summed E-state index contributed by atoms with van der Waals surface area (Å²) in [5.41, 5.74) is 7.42. The summed E-state index contributed by atoms with van der Waals surface area (Å²) >= 11 is 6.22. The van der Waals surface area contributed by atoms with E-state index in [0.29, 0.717) is 22.2 Å². The standard InChI is InChI=1S/C24H25ClFN5O3S/c1-13-8-14(11-32)20(25)18(9-13)35(33,34)30-17-7-5-6-15(21(17)26)16-10-31(24(2,3)4)23-19(16)22(27)28-12-29-23/h5-10,12,30,32H,11H2,1-4H3,(H2,27,28,29). The molecule has 0 saturated carbocycles. The number of rotatable bonds is 5. The van der Waals surface area contributed by atoms with Gasteiger partial charge in [-0.15, -0.1) is 0 Å². The fourth-order valence-corrected chi connectivity index (χ4v) is 5.68. The first-order chi connectivity index (χ1) is 16.3. The van der Waals surface area contributed by atoms with Crippen LogP contribution in [0.5, 0.6) is 0 Å². The van der Waals surface area contributed by atoms with Crippen LogP contribution in [0.2, 0.25) is 5.02 Å². The van der Waals surface area contributed by atoms with Crippen molar-refractivity contribution < 1.29 is 17.9 Å². The Morgan fingerprint density at radius 1 is 1.20 bits per heavy atom. The van der Waals surface area contributed by atoms with Crippen molar-refractivity contribution in [1.29, 1.82) is 0 Å². The molecule has 0 fully saturated rings. The third kappa shape index (κ3) is 4.44. The highest BCUT2D eigenvalue weighted by Gasteiger charge is 2.26. The molecular formula is C24H25ClFN5O3S. The van der Waals surface area contributed by atoms with Crippen molar-refractivity contribution in [3.8, 4) is 11.1 Å². The molecule has 0 spiro atoms. The van der Waals surface area contributed by atoms with E-state index in [-0.39, 0.29) is 38.1 Å². The number of aliphatic hydroxyl groups is 1. The minimum absolute atomic E-state index is 0.125. The van der Waals surface area contributed by atoms with Crippen LogP contribution in [0.4, 0.5) is 15.9 Å². The molecule has 0 saturated heterocycles. The fourth-order valence-electron chi connectivity index (χ4n) is 3.94. The highest BCUT2D eigenvalue weighted by molar-refractivity contribution is 7.92. The molecule has 0 amide bonds. The van der Waals surface area contributed by atoms with Gasteiger partial charge < -0.3 is 15.4 Å². The van der Waals surface area contributed by atoms with E-state index in [0.717, 1.165) is 0 Å². The van der Waals surface area contributed by atoms with Crippen molar-refractivity contribution >= 4 is 44.2 Å². The molecule has 35 heavy (non-hydrogen) atoms. The number of nitrogens with two attached hydrogens (primary N) is 1. The maximum atomic E-state index is 15.8. The molecule has 0 aliphatic carbocycles. The number of aromatic nitrogens is 3. The lowest BCUT2D eigenvalue weighted by molar-refractivity contribution is 0.281. The predicted octanol–water partition coefficient (Wildman–Crippen LogP) is 4.83. The van der Waals surface area contributed by atoms with Gasteiger partial charge in [0.15, 0.2) is 5.82 Å². The zero-order valence-electron chi connectivity index (χ0n) is 19.6. The molecule has 0 aliphatic heterocycles. The van der Waals surface area contributed by atoms with E-state index in [1.165, 1.54) is 30.6 Å². The van der Waals surface area contributed by atoms with E-state index in [1.807, 2.05) is 25.3 Å². The van der Waals surface area contributed by atoms with Crippen molar-refractivity contribution in [3.63, 3.8) is 0 Å². The van der Waals surface area contributed by atoms with Crippen LogP contribution in [0, 0.1) is 12.7 Å². The maximum Gasteiger partial charge on any atom is 0.263 e. The van der Waals surface area contributed by atoms with Gasteiger partial charge in [-0.25, -0.2) is 22.8 Å². The molecule has 0 aliphatic rings. The third-order valence-corrected chi connectivity index (χ3v) is 7.54. The number of sulfonamides is 1. The van der Waals surface area contributed by atoms with Crippen LogP contribution in [0.1, 0.15) is 31.9 Å². The SMILES string of the molecule is Cc1cc(CO)c(Cl)c(S(=O)(=O)Nc2cccc(-c3cn(C(C)(C)C)c4ncnc(N)c34)c2F)c1. The largest absolute Gasteiger partial charge is 0.392 e. The third-order valence-electron chi connectivity index (χ3n) is 5.59. The van der Waals surface area contributed by atoms with Gasteiger partial charge in [0, 0.05) is 22.9 Å². The van der Waals surface area contributed by atoms with Crippen LogP contribution in [0.25, 0.3) is 22.2 Å². The second-order valence-corrected chi connectivity index (χ2v) is 11.2. The number of anilines is 2. The zero-order valence-corrected chi connectivity index (χ0v) is 21.2. The monoisotopic (exact) mass is 517 g/mol. The number of fused-ring (bicyclic) bond motifs is 1. The lowest BCUT2D eigenvalue weighted by Gasteiger charge is -2.21. The van der Waals surface area contributed by atoms with Gasteiger partial charge in [-0.3, -0.25) is 4.72 Å². The van der Waals surface area contributed by atoms with Crippen LogP contribution in [0.3, 0.4) is 0 Å². The molecule has 2 heterocycles. The predicted molar refractivity (Wildman–Crippen MR) is 135 cm³/mol. The summed E-state index contributed by atoms with van der Waals surface area (Å²) in [5, 5.41) is 9.86. The summed E-state index contributed by atoms with van der Waals surface area (Å²) in [6.07, 6.45) is 3.08. The average Bonchev–Trinajstić information content (AvgIpc) is 3.17. The highest BCUT2D eigenvalue weighted by atomic mass is 35.5. The van der Waals surface area contributed by atoms with E-state index in [9.17, 15) is 13.5 Å². The van der Waals surface area contributed by atoms with Crippen LogP contribution < -0.4 is 10.5 Å². The number of halogens is 2. The van der Waals surface area contributed by atoms with Crippen molar-refractivity contribution in [2.45, 2.75) is 44.7 Å². The van der Waals surface area contributed by atoms with Crippen LogP contribution in [-0.2, 0) is 22.2 Å². The lowest BCUT2D eigenvalue weighted by atomic mass is 10.0. The highest BCUT2D eigenvalue weighted by Crippen LogP contribution is 2.39. The van der Waals surface area contributed by atoms with Gasteiger partial charge in [-0.1, -0.05) is 29.8 Å². The lowest BCUT2D eigenvalue weighted by Crippen LogP contribution is -2.21. The molecule has 0 bridgehead atoms. The molecule has 4 rings (SSSR count). The Bertz CT molecular complexity index is 1560. The quantitative estimate of drug-likeness (QED) is 0.348. The molecule has 2 aromatic carbocycles. The smallest absolute Gasteiger partial charge is 0.263 e. The Balaban J connectivity index is 1.86. The van der Waals surface area contributed by atoms with Crippen molar-refractivity contribution in [2.24, 2.45) is 0 Å². The summed E-state index contributed by atoms with van der Waals surface area (Å²) in [4.78, 5) is 8.15. The summed E-state index contributed by atoms with van der Waals surface area (Å²) in [6, 6.07) is 7.33. The minimum atomic E-state index is -4.28. The number of benzene rings is 2. The molecule has 0 radical (unpaired) electrons. The Morgan fingerprint density at radius 2 is 1.91 bits per heavy atom. The molecule has 11 heteroatoms. The zero-order chi connectivity index (χ0) is 25.7. The van der Waals surface area contributed by atoms with Gasteiger partial charge in [0.05, 0.1) is 22.7 Å². The second-order valence-electron chi connectivity index (χ2n) is 9.21. The number of aliphatic hydroxyl groups excluding tert-OH is 1. The summed E-state index contributed by atoms with van der Waals surface area (Å²) in [6.45, 7) is 7.16. The topological polar surface area (TPSA) is 123 Å². The minimum Gasteiger partial charge on any atom is -0.392 e. The molecular weight excluding hydrogens is 493 g/mol. The van der Waals surface area contributed by atoms with E-state index in [4.69, 9.17) is 17.3 Å². The van der Waals surface area contributed by atoms with Gasteiger partial charge >= 0.3 is 0 Å². The van der Waals surface area contributed by atoms with Crippen LogP contribution in [0.15, 0.2) is 47.8 Å². The second kappa shape index (κ2) is 8.78. The first-order valence-electron chi connectivity index (χ1n) is 10.7. The molecule has 2 aromatic heterocycles. The molecule has 4 aromatic rings. The molecule has 184 valence electrons. The fraction of sp³-hybridized carbons (Fsp3) is 0.250. The van der Waals surface area contributed by atoms with Crippen molar-refractivity contribution in [3.05, 3.63) is 64.8 Å². The van der Waals surface area contributed by atoms with Gasteiger partial charge in [0.1, 0.15) is 22.7 Å². The molecule has 0 atom stereocenters.